The van der Waals surface area contributed by atoms with Crippen LogP contribution in [0, 0.1) is 0 Å². The highest BCUT2D eigenvalue weighted by atomic mass is 32.2. The Morgan fingerprint density at radius 2 is 1.96 bits per heavy atom. The fraction of sp³-hybridized carbons (Fsp3) is 0.474. The van der Waals surface area contributed by atoms with Crippen LogP contribution in [-0.4, -0.2) is 47.3 Å². The van der Waals surface area contributed by atoms with Gasteiger partial charge in [-0.25, -0.2) is 13.4 Å². The number of hydrogen-bond donors (Lipinski definition) is 2. The first kappa shape index (κ1) is 19.6. The molecule has 3 N–H and O–H groups in total. The van der Waals surface area contributed by atoms with Crippen molar-refractivity contribution in [2.75, 3.05) is 24.3 Å². The lowest BCUT2D eigenvalue weighted by Gasteiger charge is -2.27. The molecule has 0 amide bonds. The van der Waals surface area contributed by atoms with Gasteiger partial charge in [0.15, 0.2) is 5.82 Å². The summed E-state index contributed by atoms with van der Waals surface area (Å²) in [7, 11) is -3.00. The van der Waals surface area contributed by atoms with Crippen molar-refractivity contribution in [2.45, 2.75) is 39.3 Å². The number of rotatable bonds is 7. The molecule has 0 radical (unpaired) electrons. The zero-order chi connectivity index (χ0) is 19.8. The molecule has 3 aromatic rings. The van der Waals surface area contributed by atoms with Crippen LogP contribution in [0.5, 0.6) is 0 Å². The number of aryl methyl sites for hydroxylation is 1. The van der Waals surface area contributed by atoms with E-state index in [2.05, 4.69) is 24.1 Å². The molecular weight excluding hydrogens is 362 g/mol. The molecule has 2 heterocycles. The third-order valence-electron chi connectivity index (χ3n) is 4.70. The third-order valence-corrected chi connectivity index (χ3v) is 5.65. The van der Waals surface area contributed by atoms with Gasteiger partial charge in [-0.15, -0.1) is 0 Å². The van der Waals surface area contributed by atoms with E-state index in [-0.39, 0.29) is 11.3 Å². The van der Waals surface area contributed by atoms with Crippen molar-refractivity contribution >= 4 is 37.5 Å². The van der Waals surface area contributed by atoms with Crippen LogP contribution < -0.4 is 11.1 Å². The molecule has 0 bridgehead atoms. The molecule has 3 rings (SSSR count). The van der Waals surface area contributed by atoms with Crippen LogP contribution in [0.2, 0.25) is 0 Å². The molecule has 0 saturated carbocycles. The number of benzene rings is 1. The fourth-order valence-corrected chi connectivity index (χ4v) is 3.89. The zero-order valence-electron chi connectivity index (χ0n) is 16.3. The van der Waals surface area contributed by atoms with Gasteiger partial charge < -0.3 is 11.1 Å². The number of para-hydroxylation sites is 1. The maximum absolute atomic E-state index is 11.4. The quantitative estimate of drug-likeness (QED) is 0.642. The Labute approximate surface area is 159 Å². The summed E-state index contributed by atoms with van der Waals surface area (Å²) in [5.74, 6) is 0.546. The second kappa shape index (κ2) is 7.09. The minimum absolute atomic E-state index is 0.115. The molecule has 0 spiro atoms. The van der Waals surface area contributed by atoms with Gasteiger partial charge in [0, 0.05) is 47.8 Å². The molecule has 0 fully saturated rings. The van der Waals surface area contributed by atoms with E-state index in [0.717, 1.165) is 34.0 Å². The van der Waals surface area contributed by atoms with Crippen LogP contribution in [0.1, 0.15) is 26.5 Å². The molecule has 2 aromatic heterocycles. The Morgan fingerprint density at radius 1 is 1.26 bits per heavy atom. The Kier molecular flexibility index (Phi) is 5.14. The molecule has 0 atom stereocenters. The highest BCUT2D eigenvalue weighted by Gasteiger charge is 2.25. The number of sulfone groups is 1. The van der Waals surface area contributed by atoms with Gasteiger partial charge in [0.2, 0.25) is 0 Å². The number of anilines is 1. The summed E-state index contributed by atoms with van der Waals surface area (Å²) in [6.45, 7) is 7.32. The number of nitrogen functional groups attached to an aromatic ring is 1. The van der Waals surface area contributed by atoms with Gasteiger partial charge in [0.1, 0.15) is 15.4 Å². The van der Waals surface area contributed by atoms with Gasteiger partial charge in [0.25, 0.3) is 0 Å². The monoisotopic (exact) mass is 389 g/mol. The van der Waals surface area contributed by atoms with Gasteiger partial charge in [-0.05, 0) is 26.8 Å². The number of nitrogens with zero attached hydrogens (tertiary/aromatic N) is 3. The molecular formula is C19H27N5O2S. The number of fused-ring (bicyclic) bond motifs is 3. The van der Waals surface area contributed by atoms with Crippen LogP contribution in [0.4, 0.5) is 5.82 Å². The van der Waals surface area contributed by atoms with E-state index in [1.54, 1.807) is 0 Å². The summed E-state index contributed by atoms with van der Waals surface area (Å²) in [6.07, 6.45) is 1.94. The fourth-order valence-electron chi connectivity index (χ4n) is 3.42. The molecule has 7 nitrogen and oxygen atoms in total. The predicted molar refractivity (Wildman–Crippen MR) is 111 cm³/mol. The average molecular weight is 390 g/mol. The van der Waals surface area contributed by atoms with Crippen LogP contribution in [0.15, 0.2) is 24.3 Å². The largest absolute Gasteiger partial charge is 0.382 e. The summed E-state index contributed by atoms with van der Waals surface area (Å²) in [6, 6.07) is 7.93. The minimum Gasteiger partial charge on any atom is -0.382 e. The summed E-state index contributed by atoms with van der Waals surface area (Å²) >= 11 is 0. The zero-order valence-corrected chi connectivity index (χ0v) is 17.1. The van der Waals surface area contributed by atoms with Crippen LogP contribution in [0.25, 0.3) is 21.8 Å². The average Bonchev–Trinajstić information content (AvgIpc) is 2.92. The molecule has 0 aliphatic carbocycles. The van der Waals surface area contributed by atoms with E-state index in [1.807, 2.05) is 35.9 Å². The lowest BCUT2D eigenvalue weighted by Crippen LogP contribution is -2.44. The molecule has 27 heavy (non-hydrogen) atoms. The summed E-state index contributed by atoms with van der Waals surface area (Å²) in [5.41, 5.74) is 8.53. The summed E-state index contributed by atoms with van der Waals surface area (Å²) < 4.78 is 24.8. The van der Waals surface area contributed by atoms with Crippen molar-refractivity contribution < 1.29 is 8.42 Å². The Bertz CT molecular complexity index is 1090. The molecule has 8 heteroatoms. The maximum atomic E-state index is 11.4. The normalized spacial score (nSPS) is 12.9. The van der Waals surface area contributed by atoms with Crippen molar-refractivity contribution in [3.05, 3.63) is 30.0 Å². The lowest BCUT2D eigenvalue weighted by atomic mass is 9.95. The van der Waals surface area contributed by atoms with Crippen molar-refractivity contribution in [2.24, 2.45) is 0 Å². The molecule has 0 saturated heterocycles. The molecule has 0 unspecified atom stereocenters. The van der Waals surface area contributed by atoms with Gasteiger partial charge in [-0.1, -0.05) is 18.2 Å². The summed E-state index contributed by atoms with van der Waals surface area (Å²) in [5, 5.41) is 10.1. The van der Waals surface area contributed by atoms with Crippen molar-refractivity contribution in [3.8, 4) is 0 Å². The molecule has 1 aromatic carbocycles. The number of nitrogens with one attached hydrogen (secondary N) is 1. The lowest BCUT2D eigenvalue weighted by molar-refractivity contribution is 0.386. The van der Waals surface area contributed by atoms with Gasteiger partial charge in [-0.3, -0.25) is 4.68 Å². The molecule has 0 aliphatic heterocycles. The number of nitrogens with two attached hydrogens (primary N) is 1. The van der Waals surface area contributed by atoms with Gasteiger partial charge in [0.05, 0.1) is 11.3 Å². The number of hydrogen-bond acceptors (Lipinski definition) is 6. The molecule has 146 valence electrons. The maximum Gasteiger partial charge on any atom is 0.152 e. The summed E-state index contributed by atoms with van der Waals surface area (Å²) in [4.78, 5) is 4.49. The number of pyridine rings is 1. The van der Waals surface area contributed by atoms with Crippen molar-refractivity contribution in [3.63, 3.8) is 0 Å². The highest BCUT2D eigenvalue weighted by Crippen LogP contribution is 2.32. The SMILES string of the molecule is CCn1nc2c(N)nc3ccccc3c2c1CC(C)(C)NCCS(C)(=O)=O. The highest BCUT2D eigenvalue weighted by molar-refractivity contribution is 7.90. The van der Waals surface area contributed by atoms with E-state index >= 15 is 0 Å². The first-order valence-corrected chi connectivity index (χ1v) is 11.1. The van der Waals surface area contributed by atoms with Crippen LogP contribution >= 0.6 is 0 Å². The van der Waals surface area contributed by atoms with Gasteiger partial charge in [-0.2, -0.15) is 5.10 Å². The Balaban J connectivity index is 2.05. The van der Waals surface area contributed by atoms with E-state index in [0.29, 0.717) is 18.8 Å². The molecule has 0 aliphatic rings. The first-order chi connectivity index (χ1) is 12.6. The van der Waals surface area contributed by atoms with Crippen LogP contribution in [0.3, 0.4) is 0 Å². The van der Waals surface area contributed by atoms with Crippen molar-refractivity contribution in [1.29, 1.82) is 0 Å². The van der Waals surface area contributed by atoms with Gasteiger partial charge >= 0.3 is 0 Å². The minimum atomic E-state index is -3.00. The first-order valence-electron chi connectivity index (χ1n) is 9.07. The standard InChI is InChI=1S/C19H27N5O2S/c1-5-24-15(12-19(2,3)21-10-11-27(4,25)26)16-13-8-6-7-9-14(13)22-18(20)17(16)23-24/h6-9,21H,5,10-12H2,1-4H3,(H2,20,22). The topological polar surface area (TPSA) is 103 Å². The second-order valence-corrected chi connectivity index (χ2v) is 9.88. The predicted octanol–water partition coefficient (Wildman–Crippen LogP) is 2.14. The smallest absolute Gasteiger partial charge is 0.152 e. The number of aromatic nitrogens is 3. The van der Waals surface area contributed by atoms with E-state index in [9.17, 15) is 8.42 Å². The van der Waals surface area contributed by atoms with Crippen molar-refractivity contribution in [1.82, 2.24) is 20.1 Å². The Hall–Kier alpha value is -2.19. The Morgan fingerprint density at radius 3 is 2.63 bits per heavy atom. The van der Waals surface area contributed by atoms with E-state index in [4.69, 9.17) is 10.8 Å². The third kappa shape index (κ3) is 4.22. The van der Waals surface area contributed by atoms with E-state index < -0.39 is 9.84 Å². The second-order valence-electron chi connectivity index (χ2n) is 7.62. The van der Waals surface area contributed by atoms with E-state index in [1.165, 1.54) is 6.26 Å². The van der Waals surface area contributed by atoms with Crippen LogP contribution in [-0.2, 0) is 22.8 Å².